The first kappa shape index (κ1) is 22.6. The second-order valence-electron chi connectivity index (χ2n) is 8.34. The number of carbonyl (C=O) groups excluding carboxylic acids is 2. The van der Waals surface area contributed by atoms with Crippen molar-refractivity contribution in [3.63, 3.8) is 0 Å². The third kappa shape index (κ3) is 4.22. The number of hydrazone groups is 1. The zero-order chi connectivity index (χ0) is 23.7. The Balaban J connectivity index is 1.49. The van der Waals surface area contributed by atoms with Gasteiger partial charge in [-0.2, -0.15) is 15.4 Å². The highest BCUT2D eigenvalue weighted by Gasteiger charge is 2.34. The number of nitrogens with zero attached hydrogens (tertiary/aromatic N) is 6. The van der Waals surface area contributed by atoms with Gasteiger partial charge in [0.2, 0.25) is 0 Å². The van der Waals surface area contributed by atoms with Crippen LogP contribution < -0.4 is 5.01 Å². The Morgan fingerprint density at radius 1 is 1.30 bits per heavy atom. The molecule has 9 heteroatoms. The van der Waals surface area contributed by atoms with Gasteiger partial charge in [0.05, 0.1) is 11.1 Å². The summed E-state index contributed by atoms with van der Waals surface area (Å²) in [4.78, 5) is 34.4. The lowest BCUT2D eigenvalue weighted by atomic mass is 9.93. The number of amides is 2. The van der Waals surface area contributed by atoms with Crippen LogP contribution in [0.5, 0.6) is 0 Å². The average Bonchev–Trinajstić information content (AvgIpc) is 3.20. The van der Waals surface area contributed by atoms with E-state index in [0.717, 1.165) is 24.6 Å². The third-order valence-corrected chi connectivity index (χ3v) is 6.25. The van der Waals surface area contributed by atoms with Gasteiger partial charge in [0.15, 0.2) is 5.82 Å². The van der Waals surface area contributed by atoms with E-state index in [9.17, 15) is 14.0 Å². The van der Waals surface area contributed by atoms with E-state index >= 15 is 0 Å². The largest absolute Gasteiger partial charge is 0.333 e. The second kappa shape index (κ2) is 9.08. The molecule has 8 nitrogen and oxygen atoms in total. The Morgan fingerprint density at radius 2 is 2.09 bits per heavy atom. The highest BCUT2D eigenvalue weighted by Crippen LogP contribution is 2.29. The number of anilines is 1. The maximum atomic E-state index is 14.1. The smallest absolute Gasteiger partial charge is 0.261 e. The van der Waals surface area contributed by atoms with Gasteiger partial charge in [-0.1, -0.05) is 6.92 Å². The number of aromatic nitrogens is 1. The molecule has 2 aliphatic rings. The average molecular weight is 449 g/mol. The number of nitriles is 1. The van der Waals surface area contributed by atoms with Gasteiger partial charge in [-0.05, 0) is 55.8 Å². The van der Waals surface area contributed by atoms with Crippen molar-refractivity contribution in [1.29, 1.82) is 5.26 Å². The maximum Gasteiger partial charge on any atom is 0.261 e. The maximum absolute atomic E-state index is 14.1. The molecule has 0 bridgehead atoms. The van der Waals surface area contributed by atoms with Crippen molar-refractivity contribution < 1.29 is 14.0 Å². The number of pyridine rings is 1. The molecule has 0 spiro atoms. The molecule has 0 aliphatic carbocycles. The van der Waals surface area contributed by atoms with Crippen LogP contribution in [0.1, 0.15) is 46.8 Å². The molecular formula is C24H25FN6O2. The number of rotatable bonds is 4. The lowest BCUT2D eigenvalue weighted by Crippen LogP contribution is -2.53. The summed E-state index contributed by atoms with van der Waals surface area (Å²) in [7, 11) is 0. The van der Waals surface area contributed by atoms with E-state index in [2.05, 4.69) is 21.9 Å². The van der Waals surface area contributed by atoms with Crippen molar-refractivity contribution in [3.05, 3.63) is 58.5 Å². The topological polar surface area (TPSA) is 92.9 Å². The van der Waals surface area contributed by atoms with Gasteiger partial charge in [-0.15, -0.1) is 0 Å². The standard InChI is InChI=1S/C24H25FN6O2/c1-4-29-7-8-30(16(3)14-29)23(32)17-5-6-22(27-12-17)31-24(33)20(13-28-31)19-10-21(25)18(11-26)9-15(19)2/h5-6,9-10,12-13,16,20H,4,7-8,14H2,1-3H3/t16-,20?/m0/s1. The van der Waals surface area contributed by atoms with Gasteiger partial charge in [0, 0.05) is 38.1 Å². The van der Waals surface area contributed by atoms with Crippen molar-refractivity contribution in [3.8, 4) is 6.07 Å². The van der Waals surface area contributed by atoms with Crippen LogP contribution in [0.15, 0.2) is 35.6 Å². The van der Waals surface area contributed by atoms with Crippen LogP contribution in [-0.2, 0) is 4.79 Å². The summed E-state index contributed by atoms with van der Waals surface area (Å²) in [6.45, 7) is 9.16. The van der Waals surface area contributed by atoms with Crippen molar-refractivity contribution in [1.82, 2.24) is 14.8 Å². The quantitative estimate of drug-likeness (QED) is 0.717. The molecule has 1 aromatic carbocycles. The summed E-state index contributed by atoms with van der Waals surface area (Å²) in [5.41, 5.74) is 1.47. The van der Waals surface area contributed by atoms with Crippen molar-refractivity contribution in [2.45, 2.75) is 32.7 Å². The molecule has 0 saturated carbocycles. The molecule has 1 aromatic heterocycles. The molecule has 4 rings (SSSR count). The molecule has 2 amide bonds. The molecule has 1 unspecified atom stereocenters. The fourth-order valence-electron chi connectivity index (χ4n) is 4.31. The van der Waals surface area contributed by atoms with Crippen LogP contribution in [0, 0.1) is 24.1 Å². The Labute approximate surface area is 191 Å². The molecule has 0 N–H and O–H groups in total. The molecule has 33 heavy (non-hydrogen) atoms. The fourth-order valence-corrected chi connectivity index (χ4v) is 4.31. The predicted octanol–water partition coefficient (Wildman–Crippen LogP) is 2.68. The van der Waals surface area contributed by atoms with Gasteiger partial charge in [0.1, 0.15) is 17.8 Å². The van der Waals surface area contributed by atoms with Crippen molar-refractivity contribution >= 4 is 23.8 Å². The summed E-state index contributed by atoms with van der Waals surface area (Å²) >= 11 is 0. The number of hydrogen-bond acceptors (Lipinski definition) is 6. The van der Waals surface area contributed by atoms with Gasteiger partial charge in [0.25, 0.3) is 11.8 Å². The van der Waals surface area contributed by atoms with E-state index in [0.29, 0.717) is 23.2 Å². The highest BCUT2D eigenvalue weighted by molar-refractivity contribution is 6.12. The number of hydrogen-bond donors (Lipinski definition) is 0. The Morgan fingerprint density at radius 3 is 2.73 bits per heavy atom. The zero-order valence-corrected chi connectivity index (χ0v) is 18.8. The fraction of sp³-hybridized carbons (Fsp3) is 0.375. The lowest BCUT2D eigenvalue weighted by Gasteiger charge is -2.39. The van der Waals surface area contributed by atoms with Crippen LogP contribution in [0.4, 0.5) is 10.2 Å². The van der Waals surface area contributed by atoms with Crippen molar-refractivity contribution in [2.24, 2.45) is 5.10 Å². The molecule has 1 fully saturated rings. The van der Waals surface area contributed by atoms with Crippen LogP contribution in [0.25, 0.3) is 0 Å². The lowest BCUT2D eigenvalue weighted by molar-refractivity contribution is -0.118. The Hall–Kier alpha value is -3.64. The minimum atomic E-state index is -0.772. The number of carbonyl (C=O) groups is 2. The summed E-state index contributed by atoms with van der Waals surface area (Å²) in [5.74, 6) is -1.63. The molecule has 2 atom stereocenters. The predicted molar refractivity (Wildman–Crippen MR) is 121 cm³/mol. The van der Waals surface area contributed by atoms with E-state index in [1.165, 1.54) is 24.5 Å². The first-order valence-electron chi connectivity index (χ1n) is 10.9. The molecule has 2 aromatic rings. The number of halogens is 1. The van der Waals surface area contributed by atoms with E-state index in [-0.39, 0.29) is 29.2 Å². The Kier molecular flexibility index (Phi) is 6.20. The molecule has 170 valence electrons. The van der Waals surface area contributed by atoms with Crippen molar-refractivity contribution in [2.75, 3.05) is 31.2 Å². The number of benzene rings is 1. The van der Waals surface area contributed by atoms with Gasteiger partial charge >= 0.3 is 0 Å². The summed E-state index contributed by atoms with van der Waals surface area (Å²) in [6, 6.07) is 7.77. The summed E-state index contributed by atoms with van der Waals surface area (Å²) in [5, 5.41) is 14.3. The van der Waals surface area contributed by atoms with Gasteiger partial charge in [-0.3, -0.25) is 14.5 Å². The number of aryl methyl sites for hydroxylation is 1. The van der Waals surface area contributed by atoms with Gasteiger partial charge < -0.3 is 4.90 Å². The van der Waals surface area contributed by atoms with E-state index < -0.39 is 11.7 Å². The molecule has 0 radical (unpaired) electrons. The minimum Gasteiger partial charge on any atom is -0.333 e. The number of piperazine rings is 1. The van der Waals surface area contributed by atoms with E-state index in [1.54, 1.807) is 25.1 Å². The second-order valence-corrected chi connectivity index (χ2v) is 8.34. The summed E-state index contributed by atoms with van der Waals surface area (Å²) < 4.78 is 14.1. The number of likely N-dealkylation sites (N-methyl/N-ethyl adjacent to an activating group) is 1. The molecule has 1 saturated heterocycles. The first-order chi connectivity index (χ1) is 15.8. The molecule has 3 heterocycles. The zero-order valence-electron chi connectivity index (χ0n) is 18.8. The van der Waals surface area contributed by atoms with Crippen LogP contribution in [0.3, 0.4) is 0 Å². The van der Waals surface area contributed by atoms with Crippen LogP contribution >= 0.6 is 0 Å². The van der Waals surface area contributed by atoms with Crippen LogP contribution in [0.2, 0.25) is 0 Å². The SMILES string of the molecule is CCN1CCN(C(=O)c2ccc(N3N=CC(c4cc(F)c(C#N)cc4C)C3=O)nc2)[C@@H](C)C1. The van der Waals surface area contributed by atoms with Gasteiger partial charge in [-0.25, -0.2) is 9.37 Å². The normalized spacial score (nSPS) is 20.9. The molecular weight excluding hydrogens is 423 g/mol. The van der Waals surface area contributed by atoms with Crippen LogP contribution in [-0.4, -0.2) is 65.0 Å². The first-order valence-corrected chi connectivity index (χ1v) is 10.9. The minimum absolute atomic E-state index is 0.0668. The van der Waals surface area contributed by atoms with E-state index in [4.69, 9.17) is 5.26 Å². The molecule has 2 aliphatic heterocycles. The monoisotopic (exact) mass is 448 g/mol. The van der Waals surface area contributed by atoms with E-state index in [1.807, 2.05) is 11.8 Å². The third-order valence-electron chi connectivity index (χ3n) is 6.25. The Bertz CT molecular complexity index is 1160. The summed E-state index contributed by atoms with van der Waals surface area (Å²) in [6.07, 6.45) is 2.89. The highest BCUT2D eigenvalue weighted by atomic mass is 19.1.